The summed E-state index contributed by atoms with van der Waals surface area (Å²) < 4.78 is 15.5. The van der Waals surface area contributed by atoms with Crippen molar-refractivity contribution in [3.8, 4) is 0 Å². The maximum absolute atomic E-state index is 14.1. The Bertz CT molecular complexity index is 1140. The van der Waals surface area contributed by atoms with E-state index in [1.807, 2.05) is 4.90 Å². The first-order chi connectivity index (χ1) is 16.8. The van der Waals surface area contributed by atoms with Crippen LogP contribution in [-0.2, 0) is 11.3 Å². The second kappa shape index (κ2) is 9.64. The van der Waals surface area contributed by atoms with Gasteiger partial charge in [0.15, 0.2) is 0 Å². The van der Waals surface area contributed by atoms with Crippen LogP contribution in [0, 0.1) is 23.1 Å². The van der Waals surface area contributed by atoms with Crippen molar-refractivity contribution in [1.29, 1.82) is 0 Å². The van der Waals surface area contributed by atoms with Crippen molar-refractivity contribution in [3.63, 3.8) is 0 Å². The highest BCUT2D eigenvalue weighted by molar-refractivity contribution is 5.79. The van der Waals surface area contributed by atoms with E-state index in [1.54, 1.807) is 6.07 Å². The lowest BCUT2D eigenvalue weighted by molar-refractivity contribution is -0.163. The van der Waals surface area contributed by atoms with Crippen LogP contribution in [0.2, 0.25) is 0 Å². The maximum atomic E-state index is 14.1. The van der Waals surface area contributed by atoms with Crippen molar-refractivity contribution in [2.45, 2.75) is 89.7 Å². The molecule has 35 heavy (non-hydrogen) atoms. The molecule has 1 aromatic carbocycles. The van der Waals surface area contributed by atoms with Crippen LogP contribution in [-0.4, -0.2) is 44.2 Å². The van der Waals surface area contributed by atoms with Crippen molar-refractivity contribution < 1.29 is 14.3 Å². The summed E-state index contributed by atoms with van der Waals surface area (Å²) in [5, 5.41) is 12.2. The normalized spacial score (nSPS) is 25.9. The molecule has 2 atom stereocenters. The Morgan fingerprint density at radius 2 is 1.91 bits per heavy atom. The summed E-state index contributed by atoms with van der Waals surface area (Å²) in [5.74, 6) is 0.350. The summed E-state index contributed by atoms with van der Waals surface area (Å²) in [6.45, 7) is 3.22. The third-order valence-electron chi connectivity index (χ3n) is 9.22. The van der Waals surface area contributed by atoms with Gasteiger partial charge in [-0.15, -0.1) is 0 Å². The number of nitrogens with zero attached hydrogens (tertiary/aromatic N) is 3. The average Bonchev–Trinajstić information content (AvgIpc) is 3.33. The first kappa shape index (κ1) is 24.4. The fourth-order valence-electron chi connectivity index (χ4n) is 7.17. The molecule has 1 saturated heterocycles. The number of piperidine rings is 1. The molecular weight excluding hydrogens is 445 g/mol. The van der Waals surface area contributed by atoms with Gasteiger partial charge in [-0.2, -0.15) is 0 Å². The smallest absolute Gasteiger partial charge is 0.261 e. The highest BCUT2D eigenvalue weighted by Crippen LogP contribution is 2.51. The third kappa shape index (κ3) is 4.52. The van der Waals surface area contributed by atoms with Crippen molar-refractivity contribution in [1.82, 2.24) is 14.5 Å². The van der Waals surface area contributed by atoms with E-state index >= 15 is 0 Å². The van der Waals surface area contributed by atoms with Gasteiger partial charge in [-0.25, -0.2) is 9.37 Å². The Kier molecular flexibility index (Phi) is 6.73. The fourth-order valence-corrected chi connectivity index (χ4v) is 7.17. The number of fused-ring (bicyclic) bond motifs is 1. The van der Waals surface area contributed by atoms with Gasteiger partial charge in [0.05, 0.1) is 23.9 Å². The van der Waals surface area contributed by atoms with Gasteiger partial charge >= 0.3 is 0 Å². The zero-order valence-electron chi connectivity index (χ0n) is 20.8. The minimum Gasteiger partial charge on any atom is -0.387 e. The van der Waals surface area contributed by atoms with Gasteiger partial charge in [0.25, 0.3) is 5.56 Å². The van der Waals surface area contributed by atoms with Crippen molar-refractivity contribution in [2.75, 3.05) is 13.1 Å². The summed E-state index contributed by atoms with van der Waals surface area (Å²) in [7, 11) is 0. The number of aliphatic hydroxyl groups is 1. The molecule has 3 aliphatic rings. The minimum atomic E-state index is -1.11. The highest BCUT2D eigenvalue weighted by Gasteiger charge is 2.55. The first-order valence-corrected chi connectivity index (χ1v) is 13.5. The van der Waals surface area contributed by atoms with Crippen LogP contribution < -0.4 is 5.56 Å². The topological polar surface area (TPSA) is 75.4 Å². The highest BCUT2D eigenvalue weighted by atomic mass is 19.1. The van der Waals surface area contributed by atoms with E-state index in [9.17, 15) is 19.1 Å². The summed E-state index contributed by atoms with van der Waals surface area (Å²) in [5.41, 5.74) is -1.82. The number of carbonyl (C=O) groups excluding carboxylic acids is 1. The van der Waals surface area contributed by atoms with E-state index in [4.69, 9.17) is 0 Å². The summed E-state index contributed by atoms with van der Waals surface area (Å²) in [6.07, 6.45) is 12.8. The number of halogens is 1. The van der Waals surface area contributed by atoms with E-state index < -0.39 is 16.8 Å². The standard InChI is InChI=1S/C28H38FN3O3/c1-20(16-21-8-3-2-4-9-21)25(33)31-15-14-28(35,27(17-31)12-5-6-13-27)18-32-19-30-24-22(26(32)34)10-7-11-23(24)29/h7,10-11,19-21,35H,2-6,8-9,12-18H2,1H3. The lowest BCUT2D eigenvalue weighted by atomic mass is 9.65. The van der Waals surface area contributed by atoms with E-state index in [1.165, 1.54) is 55.1 Å². The quantitative estimate of drug-likeness (QED) is 0.671. The second-order valence-electron chi connectivity index (χ2n) is 11.5. The summed E-state index contributed by atoms with van der Waals surface area (Å²) in [4.78, 5) is 32.8. The molecule has 2 aromatic rings. The van der Waals surface area contributed by atoms with Crippen molar-refractivity contribution >= 4 is 16.8 Å². The molecule has 2 unspecified atom stereocenters. The monoisotopic (exact) mass is 483 g/mol. The predicted molar refractivity (Wildman–Crippen MR) is 133 cm³/mol. The molecule has 2 aliphatic carbocycles. The number of hydrogen-bond acceptors (Lipinski definition) is 4. The van der Waals surface area contributed by atoms with Gasteiger partial charge in [-0.1, -0.05) is 57.9 Å². The average molecular weight is 484 g/mol. The van der Waals surface area contributed by atoms with Gasteiger partial charge in [0.2, 0.25) is 5.91 Å². The summed E-state index contributed by atoms with van der Waals surface area (Å²) in [6, 6.07) is 4.38. The van der Waals surface area contributed by atoms with E-state index in [-0.39, 0.29) is 34.8 Å². The van der Waals surface area contributed by atoms with Gasteiger partial charge in [0.1, 0.15) is 11.3 Å². The Balaban J connectivity index is 1.35. The van der Waals surface area contributed by atoms with Gasteiger partial charge in [-0.3, -0.25) is 14.2 Å². The fraction of sp³-hybridized carbons (Fsp3) is 0.679. The van der Waals surface area contributed by atoms with Crippen LogP contribution in [0.25, 0.3) is 10.9 Å². The number of likely N-dealkylation sites (tertiary alicyclic amines) is 1. The van der Waals surface area contributed by atoms with Crippen LogP contribution in [0.15, 0.2) is 29.3 Å². The van der Waals surface area contributed by atoms with Crippen LogP contribution in [0.5, 0.6) is 0 Å². The first-order valence-electron chi connectivity index (χ1n) is 13.5. The minimum absolute atomic E-state index is 0.00458. The number of benzene rings is 1. The number of para-hydroxylation sites is 1. The molecule has 5 rings (SSSR count). The molecule has 7 heteroatoms. The Morgan fingerprint density at radius 3 is 2.66 bits per heavy atom. The van der Waals surface area contributed by atoms with E-state index in [0.717, 1.165) is 32.1 Å². The molecule has 1 spiro atoms. The maximum Gasteiger partial charge on any atom is 0.261 e. The van der Waals surface area contributed by atoms with Crippen molar-refractivity contribution in [3.05, 3.63) is 40.7 Å². The van der Waals surface area contributed by atoms with E-state index in [0.29, 0.717) is 25.4 Å². The summed E-state index contributed by atoms with van der Waals surface area (Å²) >= 11 is 0. The Labute approximate surface area is 206 Å². The SMILES string of the molecule is CC(CC1CCCCC1)C(=O)N1CCC(O)(Cn2cnc3c(F)cccc3c2=O)C2(CCCC2)C1. The van der Waals surface area contributed by atoms with Crippen LogP contribution in [0.4, 0.5) is 4.39 Å². The van der Waals surface area contributed by atoms with Crippen LogP contribution >= 0.6 is 0 Å². The molecule has 1 amide bonds. The third-order valence-corrected chi connectivity index (χ3v) is 9.22. The molecular formula is C28H38FN3O3. The lowest BCUT2D eigenvalue weighted by Crippen LogP contribution is -2.62. The molecule has 2 saturated carbocycles. The molecule has 0 bridgehead atoms. The second-order valence-corrected chi connectivity index (χ2v) is 11.5. The molecule has 1 N–H and O–H groups in total. The molecule has 6 nitrogen and oxygen atoms in total. The number of amides is 1. The number of carbonyl (C=O) groups is 1. The predicted octanol–water partition coefficient (Wildman–Crippen LogP) is 4.67. The van der Waals surface area contributed by atoms with Gasteiger partial charge in [0, 0.05) is 24.4 Å². The molecule has 0 radical (unpaired) electrons. The number of hydrogen-bond donors (Lipinski definition) is 1. The zero-order valence-corrected chi connectivity index (χ0v) is 20.8. The largest absolute Gasteiger partial charge is 0.387 e. The molecule has 2 heterocycles. The van der Waals surface area contributed by atoms with Gasteiger partial charge < -0.3 is 10.0 Å². The Hall–Kier alpha value is -2.28. The Morgan fingerprint density at radius 1 is 1.17 bits per heavy atom. The zero-order chi connectivity index (χ0) is 24.6. The van der Waals surface area contributed by atoms with Crippen molar-refractivity contribution in [2.24, 2.45) is 17.3 Å². The van der Waals surface area contributed by atoms with Crippen LogP contribution in [0.3, 0.4) is 0 Å². The van der Waals surface area contributed by atoms with Gasteiger partial charge in [-0.05, 0) is 43.7 Å². The molecule has 1 aliphatic heterocycles. The molecule has 190 valence electrons. The molecule has 3 fully saturated rings. The van der Waals surface area contributed by atoms with E-state index in [2.05, 4.69) is 11.9 Å². The molecule has 1 aromatic heterocycles. The lowest BCUT2D eigenvalue weighted by Gasteiger charge is -2.52. The number of aromatic nitrogens is 2. The number of rotatable bonds is 5. The van der Waals surface area contributed by atoms with Crippen LogP contribution in [0.1, 0.15) is 77.6 Å².